The third kappa shape index (κ3) is 2.90. The number of nitrogens with one attached hydrogen (secondary N) is 1. The second-order valence-corrected chi connectivity index (χ2v) is 5.51. The number of aromatic nitrogens is 2. The van der Waals surface area contributed by atoms with Crippen LogP contribution in [0.1, 0.15) is 35.7 Å². The Labute approximate surface area is 118 Å². The fraction of sp³-hybridized carbons (Fsp3) is 0.438. The number of nitrogens with zero attached hydrogens (tertiary/aromatic N) is 2. The minimum absolute atomic E-state index is 0.190. The minimum Gasteiger partial charge on any atom is -0.317 e. The van der Waals surface area contributed by atoms with Crippen LogP contribution < -0.4 is 5.32 Å². The zero-order valence-corrected chi connectivity index (χ0v) is 11.8. The molecule has 1 fully saturated rings. The van der Waals surface area contributed by atoms with Gasteiger partial charge in [0.25, 0.3) is 0 Å². The van der Waals surface area contributed by atoms with Gasteiger partial charge in [-0.15, -0.1) is 0 Å². The molecule has 1 aromatic carbocycles. The van der Waals surface area contributed by atoms with Gasteiger partial charge in [-0.3, -0.25) is 4.68 Å². The number of piperidine rings is 1. The Morgan fingerprint density at radius 2 is 1.95 bits per heavy atom. The van der Waals surface area contributed by atoms with Gasteiger partial charge in [0.05, 0.1) is 5.69 Å². The molecule has 2 aromatic rings. The molecule has 1 aliphatic heterocycles. The van der Waals surface area contributed by atoms with Crippen molar-refractivity contribution in [1.29, 1.82) is 0 Å². The summed E-state index contributed by atoms with van der Waals surface area (Å²) >= 11 is 0. The van der Waals surface area contributed by atoms with Crippen LogP contribution in [0.25, 0.3) is 0 Å². The summed E-state index contributed by atoms with van der Waals surface area (Å²) in [5.41, 5.74) is 3.48. The first kappa shape index (κ1) is 13.3. The van der Waals surface area contributed by atoms with E-state index in [9.17, 15) is 4.39 Å². The first-order chi connectivity index (χ1) is 9.72. The van der Waals surface area contributed by atoms with Crippen molar-refractivity contribution in [2.24, 2.45) is 7.05 Å². The standard InChI is InChI=1S/C16H20FN3/c1-20-16(13-6-8-18-9-7-13)11-15(19-20)10-12-2-4-14(17)5-3-12/h2-5,11,13,18H,6-10H2,1H3. The normalized spacial score (nSPS) is 16.5. The van der Waals surface area contributed by atoms with Crippen LogP contribution in [0.4, 0.5) is 4.39 Å². The van der Waals surface area contributed by atoms with E-state index in [-0.39, 0.29) is 5.82 Å². The summed E-state index contributed by atoms with van der Waals surface area (Å²) in [6.07, 6.45) is 3.12. The number of hydrogen-bond acceptors (Lipinski definition) is 2. The number of rotatable bonds is 3. The van der Waals surface area contributed by atoms with E-state index in [1.807, 2.05) is 23.9 Å². The zero-order valence-electron chi connectivity index (χ0n) is 11.8. The SMILES string of the molecule is Cn1nc(Cc2ccc(F)cc2)cc1C1CCNCC1. The van der Waals surface area contributed by atoms with E-state index in [0.717, 1.165) is 30.8 Å². The summed E-state index contributed by atoms with van der Waals surface area (Å²) in [7, 11) is 2.02. The van der Waals surface area contributed by atoms with E-state index < -0.39 is 0 Å². The highest BCUT2D eigenvalue weighted by molar-refractivity contribution is 5.24. The molecule has 4 heteroatoms. The van der Waals surface area contributed by atoms with E-state index >= 15 is 0 Å². The van der Waals surface area contributed by atoms with Crippen molar-refractivity contribution in [3.63, 3.8) is 0 Å². The highest BCUT2D eigenvalue weighted by atomic mass is 19.1. The molecule has 1 aliphatic rings. The van der Waals surface area contributed by atoms with Gasteiger partial charge in [-0.25, -0.2) is 4.39 Å². The molecule has 0 atom stereocenters. The molecule has 20 heavy (non-hydrogen) atoms. The van der Waals surface area contributed by atoms with Crippen molar-refractivity contribution in [2.75, 3.05) is 13.1 Å². The van der Waals surface area contributed by atoms with Gasteiger partial charge in [-0.1, -0.05) is 12.1 Å². The topological polar surface area (TPSA) is 29.9 Å². The van der Waals surface area contributed by atoms with E-state index in [4.69, 9.17) is 0 Å². The highest BCUT2D eigenvalue weighted by Crippen LogP contribution is 2.25. The molecule has 3 rings (SSSR count). The van der Waals surface area contributed by atoms with Crippen molar-refractivity contribution < 1.29 is 4.39 Å². The van der Waals surface area contributed by atoms with Crippen LogP contribution in [0.2, 0.25) is 0 Å². The highest BCUT2D eigenvalue weighted by Gasteiger charge is 2.19. The Kier molecular flexibility index (Phi) is 3.83. The predicted octanol–water partition coefficient (Wildman–Crippen LogP) is 2.62. The van der Waals surface area contributed by atoms with Gasteiger partial charge in [-0.2, -0.15) is 5.10 Å². The number of hydrogen-bond donors (Lipinski definition) is 1. The molecular formula is C16H20FN3. The number of aryl methyl sites for hydroxylation is 1. The summed E-state index contributed by atoms with van der Waals surface area (Å²) < 4.78 is 14.9. The Balaban J connectivity index is 1.76. The molecule has 0 spiro atoms. The van der Waals surface area contributed by atoms with Gasteiger partial charge < -0.3 is 5.32 Å². The van der Waals surface area contributed by atoms with E-state index in [1.165, 1.54) is 30.7 Å². The van der Waals surface area contributed by atoms with Crippen molar-refractivity contribution in [3.8, 4) is 0 Å². The molecule has 0 saturated carbocycles. The maximum atomic E-state index is 12.9. The van der Waals surface area contributed by atoms with E-state index in [0.29, 0.717) is 5.92 Å². The Bertz CT molecular complexity index is 568. The molecule has 0 aliphatic carbocycles. The third-order valence-electron chi connectivity index (χ3n) is 4.02. The minimum atomic E-state index is -0.190. The number of halogens is 1. The van der Waals surface area contributed by atoms with Crippen LogP contribution in [0.5, 0.6) is 0 Å². The lowest BCUT2D eigenvalue weighted by molar-refractivity contribution is 0.440. The molecule has 0 amide bonds. The van der Waals surface area contributed by atoms with Gasteiger partial charge in [0.15, 0.2) is 0 Å². The average molecular weight is 273 g/mol. The molecule has 3 nitrogen and oxygen atoms in total. The summed E-state index contributed by atoms with van der Waals surface area (Å²) in [6, 6.07) is 8.87. The lowest BCUT2D eigenvalue weighted by Gasteiger charge is -2.22. The zero-order chi connectivity index (χ0) is 13.9. The first-order valence-electron chi connectivity index (χ1n) is 7.20. The monoisotopic (exact) mass is 273 g/mol. The Morgan fingerprint density at radius 3 is 2.65 bits per heavy atom. The van der Waals surface area contributed by atoms with Crippen molar-refractivity contribution in [3.05, 3.63) is 53.1 Å². The van der Waals surface area contributed by atoms with Crippen LogP contribution in [0.3, 0.4) is 0 Å². The lowest BCUT2D eigenvalue weighted by atomic mass is 9.94. The fourth-order valence-corrected chi connectivity index (χ4v) is 2.94. The molecule has 1 saturated heterocycles. The average Bonchev–Trinajstić information content (AvgIpc) is 2.83. The maximum absolute atomic E-state index is 12.9. The molecular weight excluding hydrogens is 253 g/mol. The predicted molar refractivity (Wildman–Crippen MR) is 77.3 cm³/mol. The Hall–Kier alpha value is -1.68. The van der Waals surface area contributed by atoms with Gasteiger partial charge in [0.1, 0.15) is 5.82 Å². The van der Waals surface area contributed by atoms with Crippen molar-refractivity contribution in [2.45, 2.75) is 25.2 Å². The summed E-state index contributed by atoms with van der Waals surface area (Å²) in [5.74, 6) is 0.417. The van der Waals surface area contributed by atoms with Crippen LogP contribution in [-0.2, 0) is 13.5 Å². The fourth-order valence-electron chi connectivity index (χ4n) is 2.94. The van der Waals surface area contributed by atoms with Crippen molar-refractivity contribution >= 4 is 0 Å². The van der Waals surface area contributed by atoms with Crippen LogP contribution in [0.15, 0.2) is 30.3 Å². The second-order valence-electron chi connectivity index (χ2n) is 5.51. The Morgan fingerprint density at radius 1 is 1.25 bits per heavy atom. The smallest absolute Gasteiger partial charge is 0.123 e. The largest absolute Gasteiger partial charge is 0.317 e. The molecule has 0 bridgehead atoms. The van der Waals surface area contributed by atoms with Gasteiger partial charge in [0, 0.05) is 25.1 Å². The molecule has 1 N–H and O–H groups in total. The molecule has 2 heterocycles. The van der Waals surface area contributed by atoms with Crippen molar-refractivity contribution in [1.82, 2.24) is 15.1 Å². The van der Waals surface area contributed by atoms with Crippen LogP contribution >= 0.6 is 0 Å². The van der Waals surface area contributed by atoms with Gasteiger partial charge >= 0.3 is 0 Å². The van der Waals surface area contributed by atoms with Crippen LogP contribution in [-0.4, -0.2) is 22.9 Å². The molecule has 0 unspecified atom stereocenters. The third-order valence-corrected chi connectivity index (χ3v) is 4.02. The second kappa shape index (κ2) is 5.75. The molecule has 106 valence electrons. The molecule has 0 radical (unpaired) electrons. The van der Waals surface area contributed by atoms with E-state index in [2.05, 4.69) is 16.5 Å². The molecule has 1 aromatic heterocycles. The van der Waals surface area contributed by atoms with Gasteiger partial charge in [0.2, 0.25) is 0 Å². The summed E-state index contributed by atoms with van der Waals surface area (Å²) in [4.78, 5) is 0. The first-order valence-corrected chi connectivity index (χ1v) is 7.20. The lowest BCUT2D eigenvalue weighted by Crippen LogP contribution is -2.27. The number of benzene rings is 1. The van der Waals surface area contributed by atoms with Crippen LogP contribution in [0, 0.1) is 5.82 Å². The van der Waals surface area contributed by atoms with Gasteiger partial charge in [-0.05, 0) is 49.7 Å². The summed E-state index contributed by atoms with van der Waals surface area (Å²) in [5, 5.41) is 8.00. The quantitative estimate of drug-likeness (QED) is 0.931. The maximum Gasteiger partial charge on any atom is 0.123 e. The summed E-state index contributed by atoms with van der Waals surface area (Å²) in [6.45, 7) is 2.17. The van der Waals surface area contributed by atoms with E-state index in [1.54, 1.807) is 0 Å².